The molecule has 1 aliphatic carbocycles. The molecule has 30 heavy (non-hydrogen) atoms. The summed E-state index contributed by atoms with van der Waals surface area (Å²) in [4.78, 5) is 17.3. The average Bonchev–Trinajstić information content (AvgIpc) is 2.76. The van der Waals surface area contributed by atoms with E-state index in [4.69, 9.17) is 11.6 Å². The molecule has 0 spiro atoms. The van der Waals surface area contributed by atoms with Gasteiger partial charge in [0.05, 0.1) is 0 Å². The van der Waals surface area contributed by atoms with E-state index in [1.165, 1.54) is 51.6 Å². The number of benzene rings is 1. The van der Waals surface area contributed by atoms with Crippen molar-refractivity contribution in [2.75, 3.05) is 33.2 Å². The van der Waals surface area contributed by atoms with Crippen LogP contribution in [0.15, 0.2) is 30.3 Å². The Bertz CT molecular complexity index is 699. The first kappa shape index (κ1) is 23.3. The lowest BCUT2D eigenvalue weighted by atomic mass is 9.84. The molecule has 5 heteroatoms. The number of halogens is 1. The number of hydrogen-bond donors (Lipinski definition) is 1. The second-order valence-electron chi connectivity index (χ2n) is 9.07. The molecule has 1 amide bonds. The number of piperidine rings is 1. The molecule has 2 unspecified atom stereocenters. The van der Waals surface area contributed by atoms with Gasteiger partial charge in [-0.2, -0.15) is 0 Å². The zero-order chi connectivity index (χ0) is 21.3. The number of likely N-dealkylation sites (tertiary alicyclic amines) is 1. The molecule has 2 atom stereocenters. The van der Waals surface area contributed by atoms with E-state index in [1.807, 2.05) is 24.3 Å². The number of nitrogens with one attached hydrogen (secondary N) is 1. The van der Waals surface area contributed by atoms with Crippen molar-refractivity contribution in [2.45, 2.75) is 64.0 Å². The van der Waals surface area contributed by atoms with Crippen molar-refractivity contribution in [1.29, 1.82) is 0 Å². The number of carbonyl (C=O) groups is 1. The van der Waals surface area contributed by atoms with Crippen molar-refractivity contribution in [3.8, 4) is 0 Å². The predicted octanol–water partition coefficient (Wildman–Crippen LogP) is 4.83. The van der Waals surface area contributed by atoms with Crippen LogP contribution in [0.2, 0.25) is 5.02 Å². The number of carbonyl (C=O) groups excluding carboxylic acids is 1. The molecule has 1 saturated heterocycles. The third-order valence-electron chi connectivity index (χ3n) is 6.99. The van der Waals surface area contributed by atoms with Crippen LogP contribution in [-0.2, 0) is 4.79 Å². The normalized spacial score (nSPS) is 23.9. The van der Waals surface area contributed by atoms with Crippen molar-refractivity contribution < 1.29 is 4.79 Å². The van der Waals surface area contributed by atoms with Gasteiger partial charge in [-0.3, -0.25) is 4.79 Å². The summed E-state index contributed by atoms with van der Waals surface area (Å²) in [5.41, 5.74) is 0.866. The van der Waals surface area contributed by atoms with Gasteiger partial charge in [0, 0.05) is 29.7 Å². The van der Waals surface area contributed by atoms with Crippen molar-refractivity contribution >= 4 is 23.6 Å². The molecule has 1 aromatic carbocycles. The molecule has 1 N–H and O–H groups in total. The van der Waals surface area contributed by atoms with E-state index in [-0.39, 0.29) is 5.91 Å². The van der Waals surface area contributed by atoms with Crippen LogP contribution < -0.4 is 5.32 Å². The zero-order valence-electron chi connectivity index (χ0n) is 18.7. The van der Waals surface area contributed by atoms with Gasteiger partial charge in [0.1, 0.15) is 0 Å². The summed E-state index contributed by atoms with van der Waals surface area (Å²) in [7, 11) is 2.36. The van der Waals surface area contributed by atoms with Gasteiger partial charge in [0.2, 0.25) is 5.91 Å². The second-order valence-corrected chi connectivity index (χ2v) is 9.47. The Balaban J connectivity index is 1.30. The monoisotopic (exact) mass is 431 g/mol. The summed E-state index contributed by atoms with van der Waals surface area (Å²) in [5, 5.41) is 3.64. The molecule has 1 saturated carbocycles. The molecule has 0 bridgehead atoms. The lowest BCUT2D eigenvalue weighted by Crippen LogP contribution is -2.50. The van der Waals surface area contributed by atoms with Crippen LogP contribution in [0, 0.1) is 5.92 Å². The minimum Gasteiger partial charge on any atom is -0.353 e. The molecule has 3 rings (SSSR count). The Hall–Kier alpha value is -1.36. The Morgan fingerprint density at radius 1 is 1.20 bits per heavy atom. The van der Waals surface area contributed by atoms with E-state index >= 15 is 0 Å². The maximum absolute atomic E-state index is 12.0. The fourth-order valence-corrected chi connectivity index (χ4v) is 5.27. The first-order valence-corrected chi connectivity index (χ1v) is 12.1. The minimum absolute atomic E-state index is 0.0585. The van der Waals surface area contributed by atoms with Crippen molar-refractivity contribution in [1.82, 2.24) is 15.1 Å². The molecule has 1 aromatic rings. The smallest absolute Gasteiger partial charge is 0.244 e. The zero-order valence-corrected chi connectivity index (χ0v) is 19.4. The highest BCUT2D eigenvalue weighted by atomic mass is 35.5. The van der Waals surface area contributed by atoms with Crippen LogP contribution in [0.4, 0.5) is 0 Å². The summed E-state index contributed by atoms with van der Waals surface area (Å²) in [6.07, 6.45) is 12.5. The largest absolute Gasteiger partial charge is 0.353 e. The Labute approximate surface area is 187 Å². The summed E-state index contributed by atoms with van der Waals surface area (Å²) < 4.78 is 0. The van der Waals surface area contributed by atoms with Gasteiger partial charge in [-0.15, -0.1) is 0 Å². The third kappa shape index (κ3) is 6.83. The molecule has 4 nitrogen and oxygen atoms in total. The van der Waals surface area contributed by atoms with Gasteiger partial charge < -0.3 is 15.1 Å². The number of amides is 1. The van der Waals surface area contributed by atoms with Crippen molar-refractivity contribution in [3.63, 3.8) is 0 Å². The van der Waals surface area contributed by atoms with Crippen LogP contribution in [0.5, 0.6) is 0 Å². The SMILES string of the molecule is CC1CCCCC1N(C)C1CCN(CCCNC(=O)/C=C/c2ccccc2Cl)CC1. The molecular formula is C25H38ClN3O. The first-order chi connectivity index (χ1) is 14.5. The molecule has 2 fully saturated rings. The highest BCUT2D eigenvalue weighted by Crippen LogP contribution is 2.30. The lowest BCUT2D eigenvalue weighted by Gasteiger charge is -2.44. The van der Waals surface area contributed by atoms with E-state index in [0.29, 0.717) is 11.6 Å². The summed E-state index contributed by atoms with van der Waals surface area (Å²) in [6, 6.07) is 9.06. The molecule has 1 aliphatic heterocycles. The average molecular weight is 432 g/mol. The number of nitrogens with zero attached hydrogens (tertiary/aromatic N) is 2. The van der Waals surface area contributed by atoms with E-state index in [9.17, 15) is 4.79 Å². The summed E-state index contributed by atoms with van der Waals surface area (Å²) >= 11 is 6.11. The van der Waals surface area contributed by atoms with Crippen LogP contribution in [0.3, 0.4) is 0 Å². The Kier molecular flexibility index (Phi) is 9.23. The molecule has 166 valence electrons. The van der Waals surface area contributed by atoms with Gasteiger partial charge in [-0.1, -0.05) is 49.6 Å². The van der Waals surface area contributed by atoms with Crippen LogP contribution in [0.25, 0.3) is 6.08 Å². The molecule has 0 radical (unpaired) electrons. The highest BCUT2D eigenvalue weighted by molar-refractivity contribution is 6.32. The Morgan fingerprint density at radius 2 is 1.93 bits per heavy atom. The maximum atomic E-state index is 12.0. The van der Waals surface area contributed by atoms with Crippen molar-refractivity contribution in [2.24, 2.45) is 5.92 Å². The van der Waals surface area contributed by atoms with E-state index < -0.39 is 0 Å². The van der Waals surface area contributed by atoms with Crippen LogP contribution >= 0.6 is 11.6 Å². The standard InChI is InChI=1S/C25H38ClN3O/c1-20-8-3-6-11-24(20)28(2)22-14-18-29(19-15-22)17-7-16-27-25(30)13-12-21-9-4-5-10-23(21)26/h4-5,9-10,12-13,20,22,24H,3,6-8,11,14-19H2,1-2H3,(H,27,30)/b13-12+. The third-order valence-corrected chi connectivity index (χ3v) is 7.34. The predicted molar refractivity (Wildman–Crippen MR) is 127 cm³/mol. The number of rotatable bonds is 8. The minimum atomic E-state index is -0.0585. The summed E-state index contributed by atoms with van der Waals surface area (Å²) in [6.45, 7) is 6.57. The second kappa shape index (κ2) is 11.9. The molecule has 0 aromatic heterocycles. The van der Waals surface area contributed by atoms with Gasteiger partial charge in [0.15, 0.2) is 0 Å². The molecular weight excluding hydrogens is 394 g/mol. The topological polar surface area (TPSA) is 35.6 Å². The molecule has 2 aliphatic rings. The van der Waals surface area contributed by atoms with Gasteiger partial charge in [-0.25, -0.2) is 0 Å². The Morgan fingerprint density at radius 3 is 2.67 bits per heavy atom. The fraction of sp³-hybridized carbons (Fsp3) is 0.640. The van der Waals surface area contributed by atoms with Crippen LogP contribution in [0.1, 0.15) is 57.4 Å². The van der Waals surface area contributed by atoms with E-state index in [1.54, 1.807) is 12.2 Å². The van der Waals surface area contributed by atoms with Crippen molar-refractivity contribution in [3.05, 3.63) is 40.9 Å². The first-order valence-electron chi connectivity index (χ1n) is 11.7. The van der Waals surface area contributed by atoms with E-state index in [2.05, 4.69) is 29.1 Å². The van der Waals surface area contributed by atoms with Gasteiger partial charge >= 0.3 is 0 Å². The van der Waals surface area contributed by atoms with Gasteiger partial charge in [-0.05, 0) is 82.4 Å². The number of hydrogen-bond acceptors (Lipinski definition) is 3. The summed E-state index contributed by atoms with van der Waals surface area (Å²) in [5.74, 6) is 0.786. The molecule has 1 heterocycles. The lowest BCUT2D eigenvalue weighted by molar-refractivity contribution is -0.116. The van der Waals surface area contributed by atoms with E-state index in [0.717, 1.165) is 36.5 Å². The quantitative estimate of drug-likeness (QED) is 0.472. The maximum Gasteiger partial charge on any atom is 0.244 e. The highest BCUT2D eigenvalue weighted by Gasteiger charge is 2.31. The fourth-order valence-electron chi connectivity index (χ4n) is 5.07. The van der Waals surface area contributed by atoms with Gasteiger partial charge in [0.25, 0.3) is 0 Å². The van der Waals surface area contributed by atoms with Crippen LogP contribution in [-0.4, -0.2) is 61.0 Å².